The van der Waals surface area contributed by atoms with Crippen molar-refractivity contribution >= 4 is 11.6 Å². The molecule has 1 heterocycles. The third kappa shape index (κ3) is 4.73. The van der Waals surface area contributed by atoms with Gasteiger partial charge in [-0.1, -0.05) is 32.0 Å². The standard InChI is InChI=1S/C21H23FN4O2/c1-4-28-21-24-20(15-7-5-8-16(22)12-15)26(25-21)18-10-6-9-17(13-18)23-19(27)11-14(2)3/h5-10,12-14H,4,11H2,1-3H3,(H,23,27). The number of ether oxygens (including phenoxy) is 1. The van der Waals surface area contributed by atoms with Gasteiger partial charge in [0, 0.05) is 17.7 Å². The maximum atomic E-state index is 13.7. The molecule has 0 radical (unpaired) electrons. The van der Waals surface area contributed by atoms with Crippen LogP contribution in [0.1, 0.15) is 27.2 Å². The van der Waals surface area contributed by atoms with Crippen molar-refractivity contribution < 1.29 is 13.9 Å². The molecule has 2 aromatic carbocycles. The first-order valence-electron chi connectivity index (χ1n) is 9.22. The zero-order valence-electron chi connectivity index (χ0n) is 16.1. The molecule has 0 saturated heterocycles. The van der Waals surface area contributed by atoms with Crippen molar-refractivity contribution in [2.75, 3.05) is 11.9 Å². The number of nitrogens with one attached hydrogen (secondary N) is 1. The van der Waals surface area contributed by atoms with E-state index >= 15 is 0 Å². The molecule has 7 heteroatoms. The van der Waals surface area contributed by atoms with Crippen molar-refractivity contribution in [1.82, 2.24) is 14.8 Å². The fraction of sp³-hybridized carbons (Fsp3) is 0.286. The van der Waals surface area contributed by atoms with Crippen LogP contribution in [0.2, 0.25) is 0 Å². The Labute approximate surface area is 163 Å². The van der Waals surface area contributed by atoms with Gasteiger partial charge in [0.15, 0.2) is 5.82 Å². The van der Waals surface area contributed by atoms with Gasteiger partial charge in [-0.3, -0.25) is 4.79 Å². The molecule has 0 aliphatic carbocycles. The summed E-state index contributed by atoms with van der Waals surface area (Å²) in [6.07, 6.45) is 0.441. The number of anilines is 1. The van der Waals surface area contributed by atoms with Crippen LogP contribution >= 0.6 is 0 Å². The molecule has 1 amide bonds. The van der Waals surface area contributed by atoms with E-state index in [9.17, 15) is 9.18 Å². The van der Waals surface area contributed by atoms with Crippen LogP contribution in [0.4, 0.5) is 10.1 Å². The van der Waals surface area contributed by atoms with E-state index in [0.29, 0.717) is 35.8 Å². The number of amides is 1. The molecule has 0 aliphatic heterocycles. The number of hydrogen-bond acceptors (Lipinski definition) is 4. The van der Waals surface area contributed by atoms with Crippen LogP contribution in [0, 0.1) is 11.7 Å². The van der Waals surface area contributed by atoms with Gasteiger partial charge in [-0.2, -0.15) is 4.98 Å². The highest BCUT2D eigenvalue weighted by Crippen LogP contribution is 2.25. The fourth-order valence-corrected chi connectivity index (χ4v) is 2.78. The number of hydrogen-bond donors (Lipinski definition) is 1. The lowest BCUT2D eigenvalue weighted by molar-refractivity contribution is -0.116. The van der Waals surface area contributed by atoms with Gasteiger partial charge in [-0.15, -0.1) is 5.10 Å². The van der Waals surface area contributed by atoms with E-state index in [4.69, 9.17) is 4.74 Å². The zero-order chi connectivity index (χ0) is 20.1. The van der Waals surface area contributed by atoms with Gasteiger partial charge in [-0.05, 0) is 43.2 Å². The monoisotopic (exact) mass is 382 g/mol. The summed E-state index contributed by atoms with van der Waals surface area (Å²) in [4.78, 5) is 16.5. The first-order valence-corrected chi connectivity index (χ1v) is 9.22. The quantitative estimate of drug-likeness (QED) is 0.655. The summed E-state index contributed by atoms with van der Waals surface area (Å²) in [6, 6.07) is 13.6. The summed E-state index contributed by atoms with van der Waals surface area (Å²) in [5.41, 5.74) is 1.91. The van der Waals surface area contributed by atoms with E-state index in [1.807, 2.05) is 39.0 Å². The Bertz CT molecular complexity index is 969. The van der Waals surface area contributed by atoms with Crippen LogP contribution in [-0.2, 0) is 4.79 Å². The smallest absolute Gasteiger partial charge is 0.336 e. The predicted molar refractivity (Wildman–Crippen MR) is 106 cm³/mol. The Morgan fingerprint density at radius 1 is 1.21 bits per heavy atom. The third-order valence-corrected chi connectivity index (χ3v) is 3.91. The second-order valence-corrected chi connectivity index (χ2v) is 6.77. The predicted octanol–water partition coefficient (Wildman–Crippen LogP) is 4.46. The molecule has 1 N–H and O–H groups in total. The lowest BCUT2D eigenvalue weighted by atomic mass is 10.1. The molecule has 0 saturated carbocycles. The van der Waals surface area contributed by atoms with E-state index < -0.39 is 0 Å². The number of rotatable bonds is 7. The van der Waals surface area contributed by atoms with Crippen molar-refractivity contribution in [3.8, 4) is 23.1 Å². The van der Waals surface area contributed by atoms with Crippen molar-refractivity contribution in [2.45, 2.75) is 27.2 Å². The number of aromatic nitrogens is 3. The van der Waals surface area contributed by atoms with Gasteiger partial charge in [0.25, 0.3) is 0 Å². The molecule has 0 spiro atoms. The minimum atomic E-state index is -0.361. The summed E-state index contributed by atoms with van der Waals surface area (Å²) in [7, 11) is 0. The molecule has 28 heavy (non-hydrogen) atoms. The van der Waals surface area contributed by atoms with Gasteiger partial charge in [0.2, 0.25) is 5.91 Å². The van der Waals surface area contributed by atoms with Crippen LogP contribution in [0.5, 0.6) is 6.01 Å². The van der Waals surface area contributed by atoms with Gasteiger partial charge >= 0.3 is 6.01 Å². The average Bonchev–Trinajstić information content (AvgIpc) is 3.05. The Balaban J connectivity index is 1.98. The molecule has 6 nitrogen and oxygen atoms in total. The molecular weight excluding hydrogens is 359 g/mol. The highest BCUT2D eigenvalue weighted by atomic mass is 19.1. The molecule has 0 aliphatic rings. The number of nitrogens with zero attached hydrogens (tertiary/aromatic N) is 3. The van der Waals surface area contributed by atoms with Gasteiger partial charge in [-0.25, -0.2) is 9.07 Å². The largest absolute Gasteiger partial charge is 0.463 e. The Kier molecular flexibility index (Phi) is 6.03. The lowest BCUT2D eigenvalue weighted by Gasteiger charge is -2.10. The zero-order valence-corrected chi connectivity index (χ0v) is 16.1. The van der Waals surface area contributed by atoms with Gasteiger partial charge in [0.1, 0.15) is 5.82 Å². The number of carbonyl (C=O) groups excluding carboxylic acids is 1. The second kappa shape index (κ2) is 8.65. The lowest BCUT2D eigenvalue weighted by Crippen LogP contribution is -2.14. The molecular formula is C21H23FN4O2. The van der Waals surface area contributed by atoms with Gasteiger partial charge in [0.05, 0.1) is 12.3 Å². The Morgan fingerprint density at radius 2 is 2.00 bits per heavy atom. The molecule has 0 fully saturated rings. The van der Waals surface area contributed by atoms with E-state index in [-0.39, 0.29) is 23.7 Å². The van der Waals surface area contributed by atoms with Crippen molar-refractivity contribution in [3.05, 3.63) is 54.3 Å². The number of halogens is 1. The fourth-order valence-electron chi connectivity index (χ4n) is 2.78. The minimum Gasteiger partial charge on any atom is -0.463 e. The normalized spacial score (nSPS) is 10.9. The Hall–Kier alpha value is -3.22. The number of benzene rings is 2. The average molecular weight is 382 g/mol. The highest BCUT2D eigenvalue weighted by Gasteiger charge is 2.16. The van der Waals surface area contributed by atoms with Crippen LogP contribution in [0.15, 0.2) is 48.5 Å². The van der Waals surface area contributed by atoms with Crippen LogP contribution in [0.3, 0.4) is 0 Å². The molecule has 0 atom stereocenters. The molecule has 0 bridgehead atoms. The summed E-state index contributed by atoms with van der Waals surface area (Å²) in [6.45, 7) is 6.24. The van der Waals surface area contributed by atoms with Gasteiger partial charge < -0.3 is 10.1 Å². The van der Waals surface area contributed by atoms with E-state index in [1.165, 1.54) is 12.1 Å². The Morgan fingerprint density at radius 3 is 2.71 bits per heavy atom. The van der Waals surface area contributed by atoms with Crippen molar-refractivity contribution in [3.63, 3.8) is 0 Å². The maximum Gasteiger partial charge on any atom is 0.336 e. The summed E-state index contributed by atoms with van der Waals surface area (Å²) >= 11 is 0. The van der Waals surface area contributed by atoms with E-state index in [0.717, 1.165) is 0 Å². The maximum absolute atomic E-state index is 13.7. The van der Waals surface area contributed by atoms with Crippen LogP contribution in [-0.4, -0.2) is 27.3 Å². The summed E-state index contributed by atoms with van der Waals surface area (Å²) in [5.74, 6) is 0.311. The highest BCUT2D eigenvalue weighted by molar-refractivity contribution is 5.91. The third-order valence-electron chi connectivity index (χ3n) is 3.91. The molecule has 146 valence electrons. The van der Waals surface area contributed by atoms with Crippen molar-refractivity contribution in [2.24, 2.45) is 5.92 Å². The topological polar surface area (TPSA) is 69.0 Å². The molecule has 0 unspecified atom stereocenters. The first kappa shape index (κ1) is 19.5. The molecule has 3 aromatic rings. The summed E-state index contributed by atoms with van der Waals surface area (Å²) < 4.78 is 20.7. The second-order valence-electron chi connectivity index (χ2n) is 6.77. The minimum absolute atomic E-state index is 0.0499. The summed E-state index contributed by atoms with van der Waals surface area (Å²) in [5, 5.41) is 7.29. The van der Waals surface area contributed by atoms with Crippen LogP contribution < -0.4 is 10.1 Å². The SMILES string of the molecule is CCOc1nc(-c2cccc(F)c2)n(-c2cccc(NC(=O)CC(C)C)c2)n1. The van der Waals surface area contributed by atoms with E-state index in [1.54, 1.807) is 22.9 Å². The van der Waals surface area contributed by atoms with Crippen LogP contribution in [0.25, 0.3) is 17.1 Å². The molecule has 1 aromatic heterocycles. The first-order chi connectivity index (χ1) is 13.5. The van der Waals surface area contributed by atoms with E-state index in [2.05, 4.69) is 15.4 Å². The number of carbonyl (C=O) groups is 1. The van der Waals surface area contributed by atoms with Crippen molar-refractivity contribution in [1.29, 1.82) is 0 Å². The molecule has 3 rings (SSSR count).